The van der Waals surface area contributed by atoms with Crippen molar-refractivity contribution in [1.82, 2.24) is 9.36 Å². The van der Waals surface area contributed by atoms with Crippen LogP contribution in [0.1, 0.15) is 0 Å². The van der Waals surface area contributed by atoms with Crippen molar-refractivity contribution in [2.24, 2.45) is 0 Å². The Bertz CT molecular complexity index is 489. The van der Waals surface area contributed by atoms with Gasteiger partial charge in [0.15, 0.2) is 0 Å². The molecule has 0 radical (unpaired) electrons. The Hall–Kier alpha value is -0.210. The van der Waals surface area contributed by atoms with Crippen LogP contribution in [-0.4, -0.2) is 16.5 Å². The van der Waals surface area contributed by atoms with E-state index < -0.39 is 0 Å². The average Bonchev–Trinajstić information content (AvgIpc) is 2.64. The number of ether oxygens (including phenoxy) is 1. The van der Waals surface area contributed by atoms with Gasteiger partial charge in [0.2, 0.25) is 3.83 Å². The second-order valence-corrected chi connectivity index (χ2v) is 5.35. The van der Waals surface area contributed by atoms with Crippen LogP contribution in [0.25, 0.3) is 10.6 Å². The minimum Gasteiger partial charge on any atom is -0.496 e. The molecule has 0 bridgehead atoms. The molecule has 0 unspecified atom stereocenters. The molecule has 2 aromatic rings. The number of methoxy groups -OCH3 is 1. The summed E-state index contributed by atoms with van der Waals surface area (Å²) in [6, 6.07) is 5.86. The minimum atomic E-state index is 0.762. The number of halogens is 2. The summed E-state index contributed by atoms with van der Waals surface area (Å²) in [6.45, 7) is 0. The van der Waals surface area contributed by atoms with Crippen molar-refractivity contribution in [3.63, 3.8) is 0 Å². The van der Waals surface area contributed by atoms with Gasteiger partial charge >= 0.3 is 0 Å². The molecule has 78 valence electrons. The second-order valence-electron chi connectivity index (χ2n) is 2.71. The lowest BCUT2D eigenvalue weighted by Gasteiger charge is -2.05. The zero-order chi connectivity index (χ0) is 10.8. The Kier molecular flexibility index (Phi) is 3.57. The van der Waals surface area contributed by atoms with Crippen molar-refractivity contribution in [2.45, 2.75) is 0 Å². The fraction of sp³-hybridized carbons (Fsp3) is 0.111. The van der Waals surface area contributed by atoms with Crippen LogP contribution in [0.4, 0.5) is 0 Å². The summed E-state index contributed by atoms with van der Waals surface area (Å²) in [5.74, 6) is 0.803. The Morgan fingerprint density at radius 3 is 2.87 bits per heavy atom. The lowest BCUT2D eigenvalue weighted by atomic mass is 10.2. The summed E-state index contributed by atoms with van der Waals surface area (Å²) in [5.41, 5.74) is 0.973. The van der Waals surface area contributed by atoms with Gasteiger partial charge in [-0.1, -0.05) is 15.9 Å². The minimum absolute atomic E-state index is 0.762. The van der Waals surface area contributed by atoms with E-state index in [4.69, 9.17) is 4.74 Å². The molecule has 2 rings (SSSR count). The summed E-state index contributed by atoms with van der Waals surface area (Å²) in [4.78, 5) is 4.32. The standard InChI is InChI=1S/C9H6BrIN2OS/c1-14-7-4-5(10)2-3-6(7)8-12-9(11)13-15-8/h2-4H,1H3. The van der Waals surface area contributed by atoms with Gasteiger partial charge < -0.3 is 4.74 Å². The number of nitrogens with zero attached hydrogens (tertiary/aromatic N) is 2. The quantitative estimate of drug-likeness (QED) is 0.727. The van der Waals surface area contributed by atoms with Gasteiger partial charge in [-0.05, 0) is 29.7 Å². The predicted octanol–water partition coefficient (Wildman–Crippen LogP) is 3.58. The van der Waals surface area contributed by atoms with Crippen molar-refractivity contribution >= 4 is 50.1 Å². The highest BCUT2D eigenvalue weighted by Crippen LogP contribution is 2.33. The molecule has 0 N–H and O–H groups in total. The predicted molar refractivity (Wildman–Crippen MR) is 72.3 cm³/mol. The molecule has 0 aliphatic rings. The van der Waals surface area contributed by atoms with Crippen molar-refractivity contribution in [3.05, 3.63) is 26.5 Å². The van der Waals surface area contributed by atoms with Crippen molar-refractivity contribution in [3.8, 4) is 16.3 Å². The number of aromatic nitrogens is 2. The van der Waals surface area contributed by atoms with Gasteiger partial charge in [-0.2, -0.15) is 4.37 Å². The van der Waals surface area contributed by atoms with Crippen LogP contribution >= 0.6 is 50.1 Å². The molecule has 0 saturated carbocycles. The van der Waals surface area contributed by atoms with Gasteiger partial charge in [-0.3, -0.25) is 0 Å². The summed E-state index contributed by atoms with van der Waals surface area (Å²) in [7, 11) is 1.65. The van der Waals surface area contributed by atoms with E-state index in [1.165, 1.54) is 11.5 Å². The first-order valence-corrected chi connectivity index (χ1v) is 6.68. The highest BCUT2D eigenvalue weighted by atomic mass is 127. The largest absolute Gasteiger partial charge is 0.496 e. The van der Waals surface area contributed by atoms with Crippen LogP contribution in [-0.2, 0) is 0 Å². The Balaban J connectivity index is 2.52. The summed E-state index contributed by atoms with van der Waals surface area (Å²) >= 11 is 6.87. The molecule has 0 aliphatic carbocycles. The van der Waals surface area contributed by atoms with E-state index in [9.17, 15) is 0 Å². The van der Waals surface area contributed by atoms with Gasteiger partial charge in [0.1, 0.15) is 10.8 Å². The molecule has 0 amide bonds. The molecule has 1 aromatic heterocycles. The monoisotopic (exact) mass is 396 g/mol. The van der Waals surface area contributed by atoms with E-state index in [2.05, 4.69) is 47.9 Å². The van der Waals surface area contributed by atoms with Crippen LogP contribution in [0, 0.1) is 3.83 Å². The lowest BCUT2D eigenvalue weighted by molar-refractivity contribution is 0.416. The lowest BCUT2D eigenvalue weighted by Crippen LogP contribution is -1.87. The third kappa shape index (κ3) is 2.48. The Morgan fingerprint density at radius 1 is 1.47 bits per heavy atom. The summed E-state index contributed by atoms with van der Waals surface area (Å²) in [6.07, 6.45) is 0. The molecule has 0 saturated heterocycles. The van der Waals surface area contributed by atoms with E-state index in [0.29, 0.717) is 0 Å². The van der Waals surface area contributed by atoms with Gasteiger partial charge in [-0.15, -0.1) is 0 Å². The molecule has 15 heavy (non-hydrogen) atoms. The third-order valence-corrected chi connectivity index (χ3v) is 3.85. The van der Waals surface area contributed by atoms with Crippen LogP contribution in [0.2, 0.25) is 0 Å². The van der Waals surface area contributed by atoms with Gasteiger partial charge in [0.25, 0.3) is 0 Å². The second kappa shape index (κ2) is 4.75. The van der Waals surface area contributed by atoms with Crippen LogP contribution in [0.3, 0.4) is 0 Å². The van der Waals surface area contributed by atoms with Gasteiger partial charge in [0, 0.05) is 27.1 Å². The third-order valence-electron chi connectivity index (χ3n) is 1.80. The summed E-state index contributed by atoms with van der Waals surface area (Å²) in [5, 5.41) is 0.878. The van der Waals surface area contributed by atoms with E-state index in [1.54, 1.807) is 7.11 Å². The maximum Gasteiger partial charge on any atom is 0.203 e. The first-order valence-electron chi connectivity index (χ1n) is 4.04. The Labute approximate surface area is 113 Å². The zero-order valence-electron chi connectivity index (χ0n) is 7.70. The van der Waals surface area contributed by atoms with E-state index >= 15 is 0 Å². The molecule has 1 aromatic carbocycles. The molecule has 0 spiro atoms. The normalized spacial score (nSPS) is 10.3. The maximum atomic E-state index is 5.30. The van der Waals surface area contributed by atoms with Crippen molar-refractivity contribution < 1.29 is 4.74 Å². The van der Waals surface area contributed by atoms with E-state index in [-0.39, 0.29) is 0 Å². The van der Waals surface area contributed by atoms with Crippen LogP contribution in [0.15, 0.2) is 22.7 Å². The number of hydrogen-bond acceptors (Lipinski definition) is 4. The smallest absolute Gasteiger partial charge is 0.203 e. The van der Waals surface area contributed by atoms with Gasteiger partial charge in [-0.25, -0.2) is 4.98 Å². The topological polar surface area (TPSA) is 35.0 Å². The fourth-order valence-electron chi connectivity index (χ4n) is 1.16. The summed E-state index contributed by atoms with van der Waals surface area (Å²) < 4.78 is 11.2. The SMILES string of the molecule is COc1cc(Br)ccc1-c1nc(I)ns1. The molecular formula is C9H6BrIN2OS. The Morgan fingerprint density at radius 2 is 2.27 bits per heavy atom. The average molecular weight is 397 g/mol. The molecule has 6 heteroatoms. The number of rotatable bonds is 2. The van der Waals surface area contributed by atoms with E-state index in [0.717, 1.165) is 24.6 Å². The van der Waals surface area contributed by atoms with Gasteiger partial charge in [0.05, 0.1) is 12.7 Å². The molecule has 0 aliphatic heterocycles. The first kappa shape index (κ1) is 11.3. The highest BCUT2D eigenvalue weighted by Gasteiger charge is 2.10. The molecule has 0 fully saturated rings. The number of hydrogen-bond donors (Lipinski definition) is 0. The molecule has 3 nitrogen and oxygen atoms in total. The van der Waals surface area contributed by atoms with Crippen molar-refractivity contribution in [1.29, 1.82) is 0 Å². The maximum absolute atomic E-state index is 5.30. The first-order chi connectivity index (χ1) is 7.20. The number of benzene rings is 1. The zero-order valence-corrected chi connectivity index (χ0v) is 12.3. The fourth-order valence-corrected chi connectivity index (χ4v) is 2.79. The molecule has 0 atom stereocenters. The molecule has 1 heterocycles. The van der Waals surface area contributed by atoms with E-state index in [1.807, 2.05) is 18.2 Å². The molecular weight excluding hydrogens is 391 g/mol. The van der Waals surface area contributed by atoms with Crippen molar-refractivity contribution in [2.75, 3.05) is 7.11 Å². The van der Waals surface area contributed by atoms with Crippen LogP contribution in [0.5, 0.6) is 5.75 Å². The van der Waals surface area contributed by atoms with Crippen LogP contribution < -0.4 is 4.74 Å². The highest BCUT2D eigenvalue weighted by molar-refractivity contribution is 14.1.